The first kappa shape index (κ1) is 14.4. The predicted octanol–water partition coefficient (Wildman–Crippen LogP) is 4.84. The van der Waals surface area contributed by atoms with Gasteiger partial charge in [0, 0.05) is 26.8 Å². The molecular weight excluding hydrogens is 377 g/mol. The predicted molar refractivity (Wildman–Crippen MR) is 95.0 cm³/mol. The summed E-state index contributed by atoms with van der Waals surface area (Å²) in [5.41, 5.74) is 2.77. The van der Waals surface area contributed by atoms with Crippen LogP contribution in [0.5, 0.6) is 0 Å². The molecule has 0 spiro atoms. The van der Waals surface area contributed by atoms with Gasteiger partial charge in [0.05, 0.1) is 0 Å². The van der Waals surface area contributed by atoms with Gasteiger partial charge in [0.25, 0.3) is 0 Å². The first-order valence-corrected chi connectivity index (χ1v) is 9.05. The van der Waals surface area contributed by atoms with Gasteiger partial charge in [0.2, 0.25) is 0 Å². The summed E-state index contributed by atoms with van der Waals surface area (Å²) in [6, 6.07) is 18.5. The third-order valence-electron chi connectivity index (χ3n) is 3.41. The number of nitrogens with one attached hydrogen (secondary N) is 1. The normalized spacial score (nSPS) is 14.4. The molecule has 1 saturated carbocycles. The quantitative estimate of drug-likeness (QED) is 0.555. The molecule has 0 saturated heterocycles. The molecule has 2 aromatic rings. The van der Waals surface area contributed by atoms with Gasteiger partial charge in [0.15, 0.2) is 0 Å². The van der Waals surface area contributed by atoms with E-state index in [4.69, 9.17) is 0 Å². The number of hydrogen-bond donors (Lipinski definition) is 1. The zero-order valence-electron chi connectivity index (χ0n) is 11.3. The van der Waals surface area contributed by atoms with E-state index in [9.17, 15) is 0 Å². The number of rotatable bonds is 6. The number of benzene rings is 2. The molecule has 0 aromatic heterocycles. The van der Waals surface area contributed by atoms with Crippen LogP contribution < -0.4 is 5.32 Å². The van der Waals surface area contributed by atoms with Gasteiger partial charge in [-0.2, -0.15) is 0 Å². The molecule has 0 radical (unpaired) electrons. The van der Waals surface area contributed by atoms with Gasteiger partial charge >= 0.3 is 0 Å². The van der Waals surface area contributed by atoms with E-state index in [2.05, 4.69) is 76.4 Å². The Bertz CT molecular complexity index is 546. The highest BCUT2D eigenvalue weighted by Gasteiger charge is 2.19. The maximum absolute atomic E-state index is 3.55. The first-order valence-electron chi connectivity index (χ1n) is 6.99. The number of thioether (sulfide) groups is 1. The van der Waals surface area contributed by atoms with Crippen LogP contribution in [-0.4, -0.2) is 6.04 Å². The lowest BCUT2D eigenvalue weighted by atomic mass is 10.2. The van der Waals surface area contributed by atoms with Gasteiger partial charge in [-0.05, 0) is 70.8 Å². The first-order chi connectivity index (χ1) is 9.79. The summed E-state index contributed by atoms with van der Waals surface area (Å²) in [5.74, 6) is 1.04. The van der Waals surface area contributed by atoms with Crippen molar-refractivity contribution in [3.8, 4) is 0 Å². The van der Waals surface area contributed by atoms with Crippen molar-refractivity contribution in [1.29, 1.82) is 0 Å². The third kappa shape index (κ3) is 4.50. The fourth-order valence-corrected chi connectivity index (χ4v) is 3.21. The molecule has 20 heavy (non-hydrogen) atoms. The molecule has 1 N–H and O–H groups in total. The van der Waals surface area contributed by atoms with E-state index >= 15 is 0 Å². The molecular formula is C17H18INS. The van der Waals surface area contributed by atoms with E-state index in [1.54, 1.807) is 0 Å². The second kappa shape index (κ2) is 6.96. The Balaban J connectivity index is 1.50. The lowest BCUT2D eigenvalue weighted by Gasteiger charge is -2.05. The summed E-state index contributed by atoms with van der Waals surface area (Å²) in [7, 11) is 0. The Labute approximate surface area is 138 Å². The zero-order chi connectivity index (χ0) is 13.8. The summed E-state index contributed by atoms with van der Waals surface area (Å²) in [5, 5.41) is 3.55. The summed E-state index contributed by atoms with van der Waals surface area (Å²) in [4.78, 5) is 1.35. The fourth-order valence-electron chi connectivity index (χ4n) is 2.00. The molecule has 1 nitrogen and oxygen atoms in total. The van der Waals surface area contributed by atoms with Crippen molar-refractivity contribution in [3.05, 3.63) is 63.2 Å². The van der Waals surface area contributed by atoms with Crippen molar-refractivity contribution in [2.75, 3.05) is 0 Å². The molecule has 0 bridgehead atoms. The second-order valence-electron chi connectivity index (χ2n) is 5.21. The van der Waals surface area contributed by atoms with Crippen molar-refractivity contribution in [2.45, 2.75) is 36.1 Å². The zero-order valence-corrected chi connectivity index (χ0v) is 14.3. The van der Waals surface area contributed by atoms with E-state index in [-0.39, 0.29) is 0 Å². The van der Waals surface area contributed by atoms with E-state index in [0.717, 1.165) is 18.3 Å². The molecule has 1 fully saturated rings. The van der Waals surface area contributed by atoms with E-state index in [1.807, 2.05) is 11.8 Å². The second-order valence-corrected chi connectivity index (χ2v) is 7.51. The monoisotopic (exact) mass is 395 g/mol. The molecule has 104 valence electrons. The Morgan fingerprint density at radius 2 is 1.60 bits per heavy atom. The van der Waals surface area contributed by atoms with Crippen molar-refractivity contribution in [2.24, 2.45) is 0 Å². The molecule has 0 atom stereocenters. The molecule has 0 amide bonds. The third-order valence-corrected chi connectivity index (χ3v) is 5.22. The van der Waals surface area contributed by atoms with Crippen LogP contribution in [0.25, 0.3) is 0 Å². The van der Waals surface area contributed by atoms with Gasteiger partial charge in [-0.1, -0.05) is 24.3 Å². The number of halogens is 1. The minimum Gasteiger partial charge on any atom is -0.310 e. The molecule has 3 heteroatoms. The maximum atomic E-state index is 3.55. The van der Waals surface area contributed by atoms with Crippen LogP contribution in [0.15, 0.2) is 53.4 Å². The lowest BCUT2D eigenvalue weighted by Crippen LogP contribution is -2.14. The van der Waals surface area contributed by atoms with Crippen molar-refractivity contribution >= 4 is 34.4 Å². The topological polar surface area (TPSA) is 12.0 Å². The average molecular weight is 395 g/mol. The highest BCUT2D eigenvalue weighted by atomic mass is 127. The van der Waals surface area contributed by atoms with Crippen LogP contribution in [0.2, 0.25) is 0 Å². The van der Waals surface area contributed by atoms with Crippen molar-refractivity contribution < 1.29 is 0 Å². The van der Waals surface area contributed by atoms with Gasteiger partial charge in [-0.25, -0.2) is 0 Å². The summed E-state index contributed by atoms with van der Waals surface area (Å²) in [6.07, 6.45) is 2.70. The lowest BCUT2D eigenvalue weighted by molar-refractivity contribution is 0.687. The maximum Gasteiger partial charge on any atom is 0.0232 e. The molecule has 2 aromatic carbocycles. The SMILES string of the molecule is Ic1ccc(CSc2ccc(CNC3CC3)cc2)cc1. The van der Waals surface area contributed by atoms with Crippen LogP contribution in [0, 0.1) is 3.57 Å². The molecule has 0 unspecified atom stereocenters. The molecule has 0 heterocycles. The molecule has 0 aliphatic heterocycles. The van der Waals surface area contributed by atoms with Crippen LogP contribution >= 0.6 is 34.4 Å². The van der Waals surface area contributed by atoms with Gasteiger partial charge in [-0.15, -0.1) is 11.8 Å². The minimum absolute atomic E-state index is 0.782. The van der Waals surface area contributed by atoms with Crippen LogP contribution in [-0.2, 0) is 12.3 Å². The highest BCUT2D eigenvalue weighted by molar-refractivity contribution is 14.1. The summed E-state index contributed by atoms with van der Waals surface area (Å²) >= 11 is 4.25. The van der Waals surface area contributed by atoms with Crippen molar-refractivity contribution in [3.63, 3.8) is 0 Å². The number of hydrogen-bond acceptors (Lipinski definition) is 2. The Morgan fingerprint density at radius 3 is 2.25 bits per heavy atom. The van der Waals surface area contributed by atoms with Gasteiger partial charge in [0.1, 0.15) is 0 Å². The van der Waals surface area contributed by atoms with Crippen LogP contribution in [0.4, 0.5) is 0 Å². The molecule has 3 rings (SSSR count). The molecule has 1 aliphatic carbocycles. The average Bonchev–Trinajstić information content (AvgIpc) is 3.30. The summed E-state index contributed by atoms with van der Waals surface area (Å²) in [6.45, 7) is 1.01. The highest BCUT2D eigenvalue weighted by Crippen LogP contribution is 2.24. The van der Waals surface area contributed by atoms with Gasteiger partial charge < -0.3 is 5.32 Å². The standard InChI is InChI=1S/C17H18INS/c18-15-5-1-14(2-6-15)12-20-17-9-3-13(4-10-17)11-19-16-7-8-16/h1-6,9-10,16,19H,7-8,11-12H2. The van der Waals surface area contributed by atoms with Crippen LogP contribution in [0.3, 0.4) is 0 Å². The van der Waals surface area contributed by atoms with E-state index < -0.39 is 0 Å². The van der Waals surface area contributed by atoms with Crippen LogP contribution in [0.1, 0.15) is 24.0 Å². The van der Waals surface area contributed by atoms with Gasteiger partial charge in [-0.3, -0.25) is 0 Å². The molecule has 1 aliphatic rings. The van der Waals surface area contributed by atoms with E-state index in [0.29, 0.717) is 0 Å². The Morgan fingerprint density at radius 1 is 0.950 bits per heavy atom. The minimum atomic E-state index is 0.782. The fraction of sp³-hybridized carbons (Fsp3) is 0.294. The van der Waals surface area contributed by atoms with Crippen molar-refractivity contribution in [1.82, 2.24) is 5.32 Å². The Hall–Kier alpha value is -0.520. The largest absolute Gasteiger partial charge is 0.310 e. The van der Waals surface area contributed by atoms with E-state index in [1.165, 1.54) is 32.4 Å². The summed E-state index contributed by atoms with van der Waals surface area (Å²) < 4.78 is 1.30. The Kier molecular flexibility index (Phi) is 5.02. The smallest absolute Gasteiger partial charge is 0.0232 e.